The Kier molecular flexibility index (Phi) is 3.14. The zero-order valence-electron chi connectivity index (χ0n) is 11.1. The van der Waals surface area contributed by atoms with Gasteiger partial charge in [-0.15, -0.1) is 0 Å². The highest BCUT2D eigenvalue weighted by molar-refractivity contribution is 5.14. The Morgan fingerprint density at radius 1 is 1.17 bits per heavy atom. The van der Waals surface area contributed by atoms with Crippen LogP contribution in [0, 0.1) is 0 Å². The molecule has 3 rings (SSSR count). The molecule has 1 saturated heterocycles. The van der Waals surface area contributed by atoms with Crippen molar-refractivity contribution < 1.29 is 9.47 Å². The van der Waals surface area contributed by atoms with Crippen molar-refractivity contribution in [1.82, 2.24) is 5.32 Å². The van der Waals surface area contributed by atoms with Crippen LogP contribution < -0.4 is 5.32 Å². The fourth-order valence-corrected chi connectivity index (χ4v) is 3.00. The topological polar surface area (TPSA) is 30.5 Å². The summed E-state index contributed by atoms with van der Waals surface area (Å²) >= 11 is 0. The van der Waals surface area contributed by atoms with Gasteiger partial charge in [0.2, 0.25) is 0 Å². The lowest BCUT2D eigenvalue weighted by molar-refractivity contribution is -0.153. The number of benzene rings is 1. The average Bonchev–Trinajstić information content (AvgIpc) is 2.83. The van der Waals surface area contributed by atoms with Gasteiger partial charge in [0.1, 0.15) is 6.10 Å². The molecule has 0 spiro atoms. The van der Waals surface area contributed by atoms with E-state index in [1.807, 2.05) is 19.9 Å². The Hall–Kier alpha value is -0.900. The van der Waals surface area contributed by atoms with E-state index in [0.717, 1.165) is 19.4 Å². The van der Waals surface area contributed by atoms with Crippen LogP contribution in [0.15, 0.2) is 30.3 Å². The summed E-state index contributed by atoms with van der Waals surface area (Å²) in [5, 5.41) is 3.60. The molecule has 3 unspecified atom stereocenters. The van der Waals surface area contributed by atoms with E-state index < -0.39 is 5.79 Å². The highest BCUT2D eigenvalue weighted by atomic mass is 16.8. The lowest BCUT2D eigenvalue weighted by Gasteiger charge is -2.22. The van der Waals surface area contributed by atoms with Gasteiger partial charge < -0.3 is 14.8 Å². The maximum absolute atomic E-state index is 5.99. The zero-order chi connectivity index (χ0) is 12.6. The van der Waals surface area contributed by atoms with E-state index in [1.165, 1.54) is 5.56 Å². The lowest BCUT2D eigenvalue weighted by Crippen LogP contribution is -2.39. The molecule has 0 bridgehead atoms. The molecule has 1 aromatic carbocycles. The second-order valence-corrected chi connectivity index (χ2v) is 5.69. The van der Waals surface area contributed by atoms with Crippen LogP contribution in [0.4, 0.5) is 0 Å². The van der Waals surface area contributed by atoms with Gasteiger partial charge in [0, 0.05) is 12.6 Å². The van der Waals surface area contributed by atoms with Crippen molar-refractivity contribution in [2.45, 2.75) is 57.3 Å². The molecule has 1 aliphatic carbocycles. The monoisotopic (exact) mass is 247 g/mol. The first-order valence-electron chi connectivity index (χ1n) is 6.77. The van der Waals surface area contributed by atoms with Crippen molar-refractivity contribution in [1.29, 1.82) is 0 Å². The number of hydrogen-bond acceptors (Lipinski definition) is 3. The summed E-state index contributed by atoms with van der Waals surface area (Å²) in [6.45, 7) is 4.90. The second-order valence-electron chi connectivity index (χ2n) is 5.69. The molecule has 1 aliphatic heterocycles. The van der Waals surface area contributed by atoms with Crippen molar-refractivity contribution in [3.8, 4) is 0 Å². The van der Waals surface area contributed by atoms with Crippen molar-refractivity contribution >= 4 is 0 Å². The predicted molar refractivity (Wildman–Crippen MR) is 70.1 cm³/mol. The Morgan fingerprint density at radius 3 is 2.72 bits per heavy atom. The molecule has 1 heterocycles. The molecule has 3 heteroatoms. The Labute approximate surface area is 108 Å². The molecule has 3 nitrogen and oxygen atoms in total. The van der Waals surface area contributed by atoms with E-state index in [2.05, 4.69) is 29.6 Å². The van der Waals surface area contributed by atoms with Gasteiger partial charge in [-0.05, 0) is 32.3 Å². The summed E-state index contributed by atoms with van der Waals surface area (Å²) in [6, 6.07) is 10.9. The van der Waals surface area contributed by atoms with Crippen LogP contribution in [-0.2, 0) is 16.0 Å². The lowest BCUT2D eigenvalue weighted by atomic mass is 10.1. The molecule has 2 fully saturated rings. The van der Waals surface area contributed by atoms with Gasteiger partial charge in [-0.1, -0.05) is 30.3 Å². The molecular weight excluding hydrogens is 226 g/mol. The first kappa shape index (κ1) is 12.2. The van der Waals surface area contributed by atoms with E-state index in [0.29, 0.717) is 6.04 Å². The van der Waals surface area contributed by atoms with Gasteiger partial charge in [-0.3, -0.25) is 0 Å². The largest absolute Gasteiger partial charge is 0.345 e. The van der Waals surface area contributed by atoms with Gasteiger partial charge in [-0.2, -0.15) is 0 Å². The maximum Gasteiger partial charge on any atom is 0.163 e. The van der Waals surface area contributed by atoms with E-state index in [1.54, 1.807) is 0 Å². The van der Waals surface area contributed by atoms with Gasteiger partial charge in [-0.25, -0.2) is 0 Å². The predicted octanol–water partition coefficient (Wildman–Crippen LogP) is 2.46. The third kappa shape index (κ3) is 2.44. The summed E-state index contributed by atoms with van der Waals surface area (Å²) in [5.41, 5.74) is 1.32. The van der Waals surface area contributed by atoms with Crippen LogP contribution in [0.2, 0.25) is 0 Å². The fourth-order valence-electron chi connectivity index (χ4n) is 3.00. The molecule has 1 saturated carbocycles. The summed E-state index contributed by atoms with van der Waals surface area (Å²) in [7, 11) is 0. The van der Waals surface area contributed by atoms with Crippen LogP contribution in [0.25, 0.3) is 0 Å². The normalized spacial score (nSPS) is 33.6. The molecule has 1 aromatic rings. The Balaban J connectivity index is 1.58. The van der Waals surface area contributed by atoms with Crippen LogP contribution >= 0.6 is 0 Å². The van der Waals surface area contributed by atoms with Crippen molar-refractivity contribution in [2.75, 3.05) is 0 Å². The van der Waals surface area contributed by atoms with E-state index in [4.69, 9.17) is 9.47 Å². The fraction of sp³-hybridized carbons (Fsp3) is 0.600. The third-order valence-corrected chi connectivity index (χ3v) is 3.79. The molecule has 2 aliphatic rings. The van der Waals surface area contributed by atoms with Crippen molar-refractivity contribution in [2.24, 2.45) is 0 Å². The van der Waals surface area contributed by atoms with Crippen LogP contribution in [0.1, 0.15) is 32.3 Å². The molecule has 0 aromatic heterocycles. The zero-order valence-corrected chi connectivity index (χ0v) is 11.1. The van der Waals surface area contributed by atoms with Gasteiger partial charge in [0.15, 0.2) is 5.79 Å². The highest BCUT2D eigenvalue weighted by Gasteiger charge is 2.48. The molecule has 18 heavy (non-hydrogen) atoms. The van der Waals surface area contributed by atoms with Crippen LogP contribution in [0.5, 0.6) is 0 Å². The molecule has 1 N–H and O–H groups in total. The minimum atomic E-state index is -0.414. The maximum atomic E-state index is 5.99. The van der Waals surface area contributed by atoms with Crippen LogP contribution in [0.3, 0.4) is 0 Å². The number of hydrogen-bond donors (Lipinski definition) is 1. The number of fused-ring (bicyclic) bond motifs is 1. The third-order valence-electron chi connectivity index (χ3n) is 3.79. The van der Waals surface area contributed by atoms with Crippen LogP contribution in [-0.4, -0.2) is 24.0 Å². The van der Waals surface area contributed by atoms with Crippen molar-refractivity contribution in [3.05, 3.63) is 35.9 Å². The molecule has 0 amide bonds. The van der Waals surface area contributed by atoms with E-state index in [9.17, 15) is 0 Å². The average molecular weight is 247 g/mol. The van der Waals surface area contributed by atoms with Gasteiger partial charge in [0.05, 0.1) is 6.10 Å². The molecule has 0 radical (unpaired) electrons. The molecular formula is C15H21NO2. The van der Waals surface area contributed by atoms with Gasteiger partial charge >= 0.3 is 0 Å². The molecule has 98 valence electrons. The number of nitrogens with one attached hydrogen (secondary N) is 1. The smallest absolute Gasteiger partial charge is 0.163 e. The second kappa shape index (κ2) is 4.65. The summed E-state index contributed by atoms with van der Waals surface area (Å²) in [6.07, 6.45) is 2.72. The summed E-state index contributed by atoms with van der Waals surface area (Å²) in [5.74, 6) is -0.414. The highest BCUT2D eigenvalue weighted by Crippen LogP contribution is 2.38. The SMILES string of the molecule is CC1(C)OC2CCC(NCc3ccccc3)C2O1. The quantitative estimate of drug-likeness (QED) is 0.890. The summed E-state index contributed by atoms with van der Waals surface area (Å²) in [4.78, 5) is 0. The number of ether oxygens (including phenoxy) is 2. The summed E-state index contributed by atoms with van der Waals surface area (Å²) < 4.78 is 11.9. The Bertz CT molecular complexity index is 404. The van der Waals surface area contributed by atoms with E-state index in [-0.39, 0.29) is 12.2 Å². The number of rotatable bonds is 3. The molecule has 3 atom stereocenters. The van der Waals surface area contributed by atoms with Crippen molar-refractivity contribution in [3.63, 3.8) is 0 Å². The first-order valence-corrected chi connectivity index (χ1v) is 6.77. The minimum Gasteiger partial charge on any atom is -0.345 e. The minimum absolute atomic E-state index is 0.212. The van der Waals surface area contributed by atoms with Gasteiger partial charge in [0.25, 0.3) is 0 Å². The Morgan fingerprint density at radius 2 is 1.94 bits per heavy atom. The first-order chi connectivity index (χ1) is 8.64. The van der Waals surface area contributed by atoms with E-state index >= 15 is 0 Å². The standard InChI is InChI=1S/C15H21NO2/c1-15(2)17-13-9-8-12(14(13)18-15)16-10-11-6-4-3-5-7-11/h3-7,12-14,16H,8-10H2,1-2H3.